The Hall–Kier alpha value is -2.46. The van der Waals surface area contributed by atoms with E-state index in [1.807, 2.05) is 0 Å². The van der Waals surface area contributed by atoms with E-state index in [-0.39, 0.29) is 36.5 Å². The molecule has 2 aromatic rings. The summed E-state index contributed by atoms with van der Waals surface area (Å²) >= 11 is 0. The van der Waals surface area contributed by atoms with Crippen molar-refractivity contribution < 1.29 is 26.3 Å². The largest absolute Gasteiger partial charge is 0.416 e. The minimum atomic E-state index is -4.36. The van der Waals surface area contributed by atoms with Crippen molar-refractivity contribution in [3.63, 3.8) is 0 Å². The Morgan fingerprint density at radius 1 is 0.475 bits per heavy atom. The summed E-state index contributed by atoms with van der Waals surface area (Å²) < 4.78 is 75.7. The van der Waals surface area contributed by atoms with Gasteiger partial charge in [0.1, 0.15) is 11.7 Å². The number of aliphatic imine (C=N–C) groups is 2. The molecule has 0 saturated heterocycles. The fourth-order valence-corrected chi connectivity index (χ4v) is 3.88. The molecule has 2 rings (SSSR count). The topological polar surface area (TPSA) is 76.8 Å². The molecule has 0 aromatic heterocycles. The first-order valence-electron chi connectivity index (χ1n) is 12.9. The maximum atomic E-state index is 12.6. The van der Waals surface area contributed by atoms with E-state index in [1.54, 1.807) is 0 Å². The second-order valence-corrected chi connectivity index (χ2v) is 9.22. The number of rotatable bonds is 15. The molecule has 0 aliphatic rings. The summed E-state index contributed by atoms with van der Waals surface area (Å²) in [6, 6.07) is 9.40. The lowest BCUT2D eigenvalue weighted by Gasteiger charge is -2.07. The number of nitrogens with zero attached hydrogens (tertiary/aromatic N) is 2. The molecule has 0 saturated carbocycles. The molecule has 0 unspecified atom stereocenters. The molecule has 0 bridgehead atoms. The van der Waals surface area contributed by atoms with Crippen LogP contribution in [0, 0.1) is 0 Å². The number of unbranched alkanes of at least 4 members (excludes halogenated alkanes) is 9. The molecule has 4 nitrogen and oxygen atoms in total. The van der Waals surface area contributed by atoms with Gasteiger partial charge in [-0.3, -0.25) is 9.98 Å². The first kappa shape index (κ1) is 37.5. The molecule has 2 aromatic carbocycles. The van der Waals surface area contributed by atoms with Gasteiger partial charge in [-0.05, 0) is 37.1 Å². The predicted molar refractivity (Wildman–Crippen MR) is 155 cm³/mol. The van der Waals surface area contributed by atoms with Crippen LogP contribution in [0.1, 0.15) is 86.5 Å². The Balaban J connectivity index is 0.00000760. The van der Waals surface area contributed by atoms with Crippen molar-refractivity contribution in [2.45, 2.75) is 76.6 Å². The normalized spacial score (nSPS) is 12.6. The van der Waals surface area contributed by atoms with E-state index in [9.17, 15) is 26.3 Å². The Morgan fingerprint density at radius 2 is 0.725 bits per heavy atom. The minimum Gasteiger partial charge on any atom is -0.384 e. The lowest BCUT2D eigenvalue weighted by molar-refractivity contribution is -0.138. The highest BCUT2D eigenvalue weighted by Gasteiger charge is 2.30. The van der Waals surface area contributed by atoms with Crippen LogP contribution in [0.3, 0.4) is 0 Å². The molecule has 12 heteroatoms. The average molecular weight is 616 g/mol. The monoisotopic (exact) mass is 614 g/mol. The molecule has 40 heavy (non-hydrogen) atoms. The van der Waals surface area contributed by atoms with Gasteiger partial charge in [0.15, 0.2) is 0 Å². The van der Waals surface area contributed by atoms with Crippen molar-refractivity contribution in [2.24, 2.45) is 21.5 Å². The molecule has 0 spiro atoms. The molecular weight excluding hydrogens is 577 g/mol. The van der Waals surface area contributed by atoms with E-state index >= 15 is 0 Å². The van der Waals surface area contributed by atoms with Crippen molar-refractivity contribution in [1.82, 2.24) is 0 Å². The highest BCUT2D eigenvalue weighted by Crippen LogP contribution is 2.30. The Kier molecular flexibility index (Phi) is 17.6. The molecule has 0 aliphatic heterocycles. The molecular formula is C28H38Cl2F6N4. The van der Waals surface area contributed by atoms with Gasteiger partial charge in [0.25, 0.3) is 0 Å². The second kappa shape index (κ2) is 18.8. The number of hydrogen-bond donors (Lipinski definition) is 2. The Morgan fingerprint density at radius 3 is 0.975 bits per heavy atom. The fraction of sp³-hybridized carbons (Fsp3) is 0.500. The van der Waals surface area contributed by atoms with Crippen molar-refractivity contribution in [1.29, 1.82) is 0 Å². The number of alkyl halides is 6. The van der Waals surface area contributed by atoms with Crippen LogP contribution in [0.15, 0.2) is 58.5 Å². The van der Waals surface area contributed by atoms with Crippen molar-refractivity contribution in [2.75, 3.05) is 13.1 Å². The number of nitrogens with two attached hydrogens (primary N) is 2. The van der Waals surface area contributed by atoms with Crippen LogP contribution in [-0.2, 0) is 12.4 Å². The fourth-order valence-electron chi connectivity index (χ4n) is 3.88. The molecule has 0 amide bonds. The second-order valence-electron chi connectivity index (χ2n) is 9.22. The summed E-state index contributed by atoms with van der Waals surface area (Å²) in [5.74, 6) is 0.512. The first-order valence-corrected chi connectivity index (χ1v) is 12.9. The highest BCUT2D eigenvalue weighted by atomic mass is 35.5. The lowest BCUT2D eigenvalue weighted by Crippen LogP contribution is -2.14. The first-order chi connectivity index (χ1) is 18.0. The van der Waals surface area contributed by atoms with Crippen LogP contribution >= 0.6 is 24.8 Å². The SMILES string of the molecule is Cl.Cl.NC(=NCCCCCCCCCCCCN=C(N)c1ccc(C(F)(F)F)cc1)c1ccc(C(F)(F)F)cc1. The van der Waals surface area contributed by atoms with Crippen LogP contribution < -0.4 is 11.5 Å². The zero-order valence-corrected chi connectivity index (χ0v) is 23.9. The van der Waals surface area contributed by atoms with E-state index in [0.717, 1.165) is 88.5 Å². The summed E-state index contributed by atoms with van der Waals surface area (Å²) in [7, 11) is 0. The molecule has 0 fully saturated rings. The van der Waals surface area contributed by atoms with Gasteiger partial charge in [-0.25, -0.2) is 0 Å². The third-order valence-electron chi connectivity index (χ3n) is 6.15. The average Bonchev–Trinajstić information content (AvgIpc) is 2.87. The van der Waals surface area contributed by atoms with Crippen LogP contribution in [0.25, 0.3) is 0 Å². The number of halogens is 8. The summed E-state index contributed by atoms with van der Waals surface area (Å²) in [5.41, 5.74) is 11.3. The van der Waals surface area contributed by atoms with Crippen LogP contribution in [-0.4, -0.2) is 24.8 Å². The third-order valence-corrected chi connectivity index (χ3v) is 6.15. The van der Waals surface area contributed by atoms with Crippen molar-refractivity contribution in [3.05, 3.63) is 70.8 Å². The Bertz CT molecular complexity index is 938. The lowest BCUT2D eigenvalue weighted by atomic mass is 10.1. The molecule has 0 radical (unpaired) electrons. The van der Waals surface area contributed by atoms with Crippen LogP contribution in [0.5, 0.6) is 0 Å². The minimum absolute atomic E-state index is 0. The summed E-state index contributed by atoms with van der Waals surface area (Å²) in [5, 5.41) is 0. The van der Waals surface area contributed by atoms with Crippen molar-refractivity contribution in [3.8, 4) is 0 Å². The molecule has 0 atom stereocenters. The van der Waals surface area contributed by atoms with Gasteiger partial charge in [0.05, 0.1) is 11.1 Å². The Labute approximate surface area is 244 Å². The van der Waals surface area contributed by atoms with Gasteiger partial charge in [0, 0.05) is 24.2 Å². The van der Waals surface area contributed by atoms with E-state index in [2.05, 4.69) is 9.98 Å². The number of amidine groups is 2. The maximum Gasteiger partial charge on any atom is 0.416 e. The van der Waals surface area contributed by atoms with Gasteiger partial charge in [-0.15, -0.1) is 24.8 Å². The summed E-state index contributed by atoms with van der Waals surface area (Å²) in [4.78, 5) is 8.53. The van der Waals surface area contributed by atoms with Gasteiger partial charge in [0.2, 0.25) is 0 Å². The van der Waals surface area contributed by atoms with E-state index in [0.29, 0.717) is 24.2 Å². The third kappa shape index (κ3) is 14.3. The molecule has 0 aliphatic carbocycles. The van der Waals surface area contributed by atoms with E-state index in [4.69, 9.17) is 11.5 Å². The summed E-state index contributed by atoms with van der Waals surface area (Å²) in [6.07, 6.45) is 1.93. The quantitative estimate of drug-likeness (QED) is 0.0912. The van der Waals surface area contributed by atoms with Gasteiger partial charge in [-0.2, -0.15) is 26.3 Å². The van der Waals surface area contributed by atoms with E-state index < -0.39 is 23.5 Å². The predicted octanol–water partition coefficient (Wildman–Crippen LogP) is 8.58. The molecule has 0 heterocycles. The smallest absolute Gasteiger partial charge is 0.384 e. The zero-order chi connectivity index (χ0) is 28.0. The van der Waals surface area contributed by atoms with Gasteiger partial charge >= 0.3 is 12.4 Å². The summed E-state index contributed by atoms with van der Waals surface area (Å²) in [6.45, 7) is 1.11. The number of benzene rings is 2. The van der Waals surface area contributed by atoms with E-state index in [1.165, 1.54) is 24.3 Å². The van der Waals surface area contributed by atoms with Crippen LogP contribution in [0.4, 0.5) is 26.3 Å². The standard InChI is InChI=1S/C28H36F6N4.2ClH/c29-27(30,31)23-15-11-21(12-16-23)25(35)37-19-9-7-5-3-1-2-4-6-8-10-20-38-26(36)22-13-17-24(18-14-22)28(32,33)34;;/h11-18H,1-10,19-20H2,(H2,35,37)(H2,36,38);2*1H. The van der Waals surface area contributed by atoms with Gasteiger partial charge in [-0.1, -0.05) is 75.6 Å². The maximum absolute atomic E-state index is 12.6. The molecule has 226 valence electrons. The number of hydrogen-bond acceptors (Lipinski definition) is 2. The zero-order valence-electron chi connectivity index (χ0n) is 22.2. The highest BCUT2D eigenvalue weighted by molar-refractivity contribution is 5.98. The van der Waals surface area contributed by atoms with Gasteiger partial charge < -0.3 is 11.5 Å². The van der Waals surface area contributed by atoms with Crippen molar-refractivity contribution >= 4 is 36.5 Å². The molecule has 4 N–H and O–H groups in total. The van der Waals surface area contributed by atoms with Crippen LogP contribution in [0.2, 0.25) is 0 Å².